The molecule has 3 rings (SSSR count). The van der Waals surface area contributed by atoms with E-state index in [1.54, 1.807) is 16.7 Å². The lowest BCUT2D eigenvalue weighted by Crippen LogP contribution is -2.40. The third kappa shape index (κ3) is 3.41. The first-order valence-electron chi connectivity index (χ1n) is 7.94. The fraction of sp³-hybridized carbons (Fsp3) is 0.533. The van der Waals surface area contributed by atoms with Crippen molar-refractivity contribution in [2.75, 3.05) is 32.1 Å². The van der Waals surface area contributed by atoms with Gasteiger partial charge in [0.1, 0.15) is 10.7 Å². The summed E-state index contributed by atoms with van der Waals surface area (Å²) in [5.41, 5.74) is 0.912. The fourth-order valence-electron chi connectivity index (χ4n) is 3.09. The van der Waals surface area contributed by atoms with Gasteiger partial charge in [0.05, 0.1) is 11.9 Å². The van der Waals surface area contributed by atoms with E-state index in [4.69, 9.17) is 0 Å². The molecular formula is C15H22N6O2S. The number of rotatable bonds is 5. The van der Waals surface area contributed by atoms with Crippen LogP contribution in [0.3, 0.4) is 0 Å². The predicted octanol–water partition coefficient (Wildman–Crippen LogP) is 0.909. The molecule has 2 aromatic rings. The van der Waals surface area contributed by atoms with E-state index < -0.39 is 10.0 Å². The van der Waals surface area contributed by atoms with E-state index >= 15 is 0 Å². The molecule has 8 nitrogen and oxygen atoms in total. The SMILES string of the molecule is CN(C)c1nccnc1C[C@H]1CCCN(S(=O)(=O)c2cn[nH]c2)C1. The van der Waals surface area contributed by atoms with E-state index in [1.165, 1.54) is 12.4 Å². The lowest BCUT2D eigenvalue weighted by atomic mass is 9.94. The molecule has 1 aliphatic heterocycles. The number of sulfonamides is 1. The Morgan fingerprint density at radius 3 is 2.83 bits per heavy atom. The normalized spacial score (nSPS) is 19.3. The van der Waals surface area contributed by atoms with Crippen molar-refractivity contribution in [3.05, 3.63) is 30.5 Å². The van der Waals surface area contributed by atoms with Crippen LogP contribution >= 0.6 is 0 Å². The molecule has 1 fully saturated rings. The van der Waals surface area contributed by atoms with Crippen molar-refractivity contribution in [2.45, 2.75) is 24.2 Å². The number of anilines is 1. The summed E-state index contributed by atoms with van der Waals surface area (Å²) < 4.78 is 26.9. The maximum Gasteiger partial charge on any atom is 0.246 e. The Labute approximate surface area is 142 Å². The summed E-state index contributed by atoms with van der Waals surface area (Å²) in [7, 11) is 0.392. The maximum atomic E-state index is 12.7. The summed E-state index contributed by atoms with van der Waals surface area (Å²) in [6.45, 7) is 1.04. The summed E-state index contributed by atoms with van der Waals surface area (Å²) in [6, 6.07) is 0. The van der Waals surface area contributed by atoms with Crippen molar-refractivity contribution in [1.29, 1.82) is 0 Å². The minimum atomic E-state index is -3.48. The first kappa shape index (κ1) is 16.8. The van der Waals surface area contributed by atoms with Crippen molar-refractivity contribution in [2.24, 2.45) is 5.92 Å². The smallest absolute Gasteiger partial charge is 0.246 e. The molecule has 0 amide bonds. The molecule has 1 atom stereocenters. The number of piperidine rings is 1. The van der Waals surface area contributed by atoms with E-state index in [2.05, 4.69) is 20.2 Å². The van der Waals surface area contributed by atoms with Gasteiger partial charge in [0.2, 0.25) is 10.0 Å². The van der Waals surface area contributed by atoms with E-state index in [0.717, 1.165) is 30.8 Å². The van der Waals surface area contributed by atoms with Gasteiger partial charge in [-0.3, -0.25) is 10.1 Å². The van der Waals surface area contributed by atoms with Gasteiger partial charge >= 0.3 is 0 Å². The largest absolute Gasteiger partial charge is 0.361 e. The van der Waals surface area contributed by atoms with Gasteiger partial charge in [0.25, 0.3) is 0 Å². The number of nitrogens with one attached hydrogen (secondary N) is 1. The number of hydrogen-bond donors (Lipinski definition) is 1. The molecule has 0 spiro atoms. The van der Waals surface area contributed by atoms with E-state index in [9.17, 15) is 8.42 Å². The van der Waals surface area contributed by atoms with Gasteiger partial charge in [-0.05, 0) is 25.2 Å². The highest BCUT2D eigenvalue weighted by Crippen LogP contribution is 2.27. The minimum Gasteiger partial charge on any atom is -0.361 e. The molecule has 1 saturated heterocycles. The van der Waals surface area contributed by atoms with Crippen LogP contribution in [0.2, 0.25) is 0 Å². The fourth-order valence-corrected chi connectivity index (χ4v) is 4.55. The van der Waals surface area contributed by atoms with Crippen molar-refractivity contribution < 1.29 is 8.42 Å². The molecule has 9 heteroatoms. The van der Waals surface area contributed by atoms with Crippen LogP contribution in [0.1, 0.15) is 18.5 Å². The van der Waals surface area contributed by atoms with Crippen LogP contribution in [0.15, 0.2) is 29.7 Å². The summed E-state index contributed by atoms with van der Waals surface area (Å²) in [6.07, 6.45) is 8.69. The molecule has 0 bridgehead atoms. The van der Waals surface area contributed by atoms with Gasteiger partial charge in [-0.1, -0.05) is 0 Å². The molecule has 0 aliphatic carbocycles. The Morgan fingerprint density at radius 1 is 1.33 bits per heavy atom. The molecule has 0 radical (unpaired) electrons. The van der Waals surface area contributed by atoms with Crippen LogP contribution in [-0.4, -0.2) is 60.1 Å². The second-order valence-electron chi connectivity index (χ2n) is 6.23. The second kappa shape index (κ2) is 6.86. The van der Waals surface area contributed by atoms with E-state index in [1.807, 2.05) is 19.0 Å². The number of aromatic amines is 1. The van der Waals surface area contributed by atoms with Crippen LogP contribution in [0.4, 0.5) is 5.82 Å². The second-order valence-corrected chi connectivity index (χ2v) is 8.17. The molecule has 1 N–H and O–H groups in total. The molecule has 130 valence electrons. The van der Waals surface area contributed by atoms with Crippen molar-refractivity contribution >= 4 is 15.8 Å². The topological polar surface area (TPSA) is 95.1 Å². The van der Waals surface area contributed by atoms with Gasteiger partial charge in [0, 0.05) is 45.8 Å². The molecule has 0 unspecified atom stereocenters. The first-order valence-corrected chi connectivity index (χ1v) is 9.38. The van der Waals surface area contributed by atoms with Crippen LogP contribution < -0.4 is 4.90 Å². The molecule has 0 aromatic carbocycles. The molecule has 1 aliphatic rings. The molecule has 24 heavy (non-hydrogen) atoms. The molecule has 2 aromatic heterocycles. The Kier molecular flexibility index (Phi) is 4.81. The Balaban J connectivity index is 1.75. The standard InChI is InChI=1S/C15H22N6O2S/c1-20(2)15-14(16-5-6-17-15)8-12-4-3-7-21(11-12)24(22,23)13-9-18-19-10-13/h5-6,9-10,12H,3-4,7-8,11H2,1-2H3,(H,18,19)/t12-/m1/s1. The maximum absolute atomic E-state index is 12.7. The summed E-state index contributed by atoms with van der Waals surface area (Å²) in [5, 5.41) is 6.31. The Bertz CT molecular complexity index is 775. The average molecular weight is 350 g/mol. The van der Waals surface area contributed by atoms with Crippen molar-refractivity contribution in [3.63, 3.8) is 0 Å². The number of H-pyrrole nitrogens is 1. The number of aromatic nitrogens is 4. The molecular weight excluding hydrogens is 328 g/mol. The zero-order chi connectivity index (χ0) is 17.2. The average Bonchev–Trinajstić information content (AvgIpc) is 3.11. The lowest BCUT2D eigenvalue weighted by molar-refractivity contribution is 0.264. The van der Waals surface area contributed by atoms with E-state index in [0.29, 0.717) is 13.1 Å². The van der Waals surface area contributed by atoms with Crippen LogP contribution in [0.5, 0.6) is 0 Å². The summed E-state index contributed by atoms with van der Waals surface area (Å²) >= 11 is 0. The third-order valence-corrected chi connectivity index (χ3v) is 6.08. The Hall–Kier alpha value is -2.00. The van der Waals surface area contributed by atoms with Gasteiger partial charge in [-0.2, -0.15) is 9.40 Å². The third-order valence-electron chi connectivity index (χ3n) is 4.25. The monoisotopic (exact) mass is 350 g/mol. The minimum absolute atomic E-state index is 0.219. The van der Waals surface area contributed by atoms with Gasteiger partial charge < -0.3 is 4.90 Å². The van der Waals surface area contributed by atoms with Crippen molar-refractivity contribution in [3.8, 4) is 0 Å². The zero-order valence-corrected chi connectivity index (χ0v) is 14.7. The highest BCUT2D eigenvalue weighted by Gasteiger charge is 2.31. The van der Waals surface area contributed by atoms with Gasteiger partial charge in [0.15, 0.2) is 0 Å². The number of nitrogens with zero attached hydrogens (tertiary/aromatic N) is 5. The summed E-state index contributed by atoms with van der Waals surface area (Å²) in [5.74, 6) is 1.07. The zero-order valence-electron chi connectivity index (χ0n) is 13.9. The molecule has 3 heterocycles. The Morgan fingerprint density at radius 2 is 2.12 bits per heavy atom. The highest BCUT2D eigenvalue weighted by atomic mass is 32.2. The lowest BCUT2D eigenvalue weighted by Gasteiger charge is -2.31. The highest BCUT2D eigenvalue weighted by molar-refractivity contribution is 7.89. The van der Waals surface area contributed by atoms with Crippen LogP contribution in [0, 0.1) is 5.92 Å². The van der Waals surface area contributed by atoms with Crippen LogP contribution in [-0.2, 0) is 16.4 Å². The van der Waals surface area contributed by atoms with Gasteiger partial charge in [-0.25, -0.2) is 13.4 Å². The van der Waals surface area contributed by atoms with E-state index in [-0.39, 0.29) is 10.8 Å². The van der Waals surface area contributed by atoms with Crippen molar-refractivity contribution in [1.82, 2.24) is 24.5 Å². The molecule has 0 saturated carbocycles. The summed E-state index contributed by atoms with van der Waals surface area (Å²) in [4.78, 5) is 11.0. The van der Waals surface area contributed by atoms with Gasteiger partial charge in [-0.15, -0.1) is 0 Å². The number of hydrogen-bond acceptors (Lipinski definition) is 6. The van der Waals surface area contributed by atoms with Crippen LogP contribution in [0.25, 0.3) is 0 Å². The first-order chi connectivity index (χ1) is 11.5. The quantitative estimate of drug-likeness (QED) is 0.861. The predicted molar refractivity (Wildman–Crippen MR) is 90.1 cm³/mol.